The maximum Gasteiger partial charge on any atom is 0.127 e. The molecule has 2 aliphatic heterocycles. The van der Waals surface area contributed by atoms with E-state index in [2.05, 4.69) is 15.1 Å². The summed E-state index contributed by atoms with van der Waals surface area (Å²) in [5.41, 5.74) is 0.844. The summed E-state index contributed by atoms with van der Waals surface area (Å²) >= 11 is 0. The Morgan fingerprint density at radius 1 is 1.21 bits per heavy atom. The van der Waals surface area contributed by atoms with Gasteiger partial charge >= 0.3 is 0 Å². The number of hydrogen-bond donors (Lipinski definition) is 2. The lowest BCUT2D eigenvalue weighted by atomic mass is 10.0. The first kappa shape index (κ1) is 12.8. The lowest BCUT2D eigenvalue weighted by Gasteiger charge is -2.46. The number of aromatic hydroxyl groups is 1. The van der Waals surface area contributed by atoms with Crippen LogP contribution in [0.2, 0.25) is 0 Å². The van der Waals surface area contributed by atoms with E-state index in [0.717, 1.165) is 50.9 Å². The van der Waals surface area contributed by atoms with Crippen molar-refractivity contribution < 1.29 is 9.50 Å². The van der Waals surface area contributed by atoms with Crippen LogP contribution in [-0.4, -0.2) is 60.2 Å². The average Bonchev–Trinajstić information content (AvgIpc) is 2.33. The fourth-order valence-corrected chi connectivity index (χ4v) is 2.93. The lowest BCUT2D eigenvalue weighted by Crippen LogP contribution is -2.62. The van der Waals surface area contributed by atoms with Crippen molar-refractivity contribution in [3.63, 3.8) is 0 Å². The molecule has 19 heavy (non-hydrogen) atoms. The Morgan fingerprint density at radius 2 is 1.95 bits per heavy atom. The normalized spacial score (nSPS) is 22.4. The monoisotopic (exact) mass is 265 g/mol. The molecule has 0 spiro atoms. The SMILES string of the molecule is Oc1cc(F)cc(CN2CC(N3CCNCC3)C2)c1. The molecule has 5 heteroatoms. The molecule has 0 unspecified atom stereocenters. The standard InChI is InChI=1S/C14H20FN3O/c15-12-5-11(6-14(19)7-12)8-17-9-13(10-17)18-3-1-16-2-4-18/h5-7,13,16,19H,1-4,8-10H2. The molecule has 0 amide bonds. The molecule has 1 aromatic rings. The Morgan fingerprint density at radius 3 is 2.63 bits per heavy atom. The maximum absolute atomic E-state index is 13.2. The van der Waals surface area contributed by atoms with E-state index in [4.69, 9.17) is 0 Å². The van der Waals surface area contributed by atoms with Gasteiger partial charge < -0.3 is 10.4 Å². The van der Waals surface area contributed by atoms with Crippen LogP contribution >= 0.6 is 0 Å². The quantitative estimate of drug-likeness (QED) is 0.840. The van der Waals surface area contributed by atoms with Crippen LogP contribution in [0.5, 0.6) is 5.75 Å². The number of rotatable bonds is 3. The van der Waals surface area contributed by atoms with Gasteiger partial charge in [0.05, 0.1) is 0 Å². The van der Waals surface area contributed by atoms with Crippen molar-refractivity contribution in [2.45, 2.75) is 12.6 Å². The third-order valence-electron chi connectivity index (χ3n) is 3.95. The van der Waals surface area contributed by atoms with Crippen molar-refractivity contribution >= 4 is 0 Å². The second kappa shape index (κ2) is 5.45. The molecule has 2 aliphatic rings. The van der Waals surface area contributed by atoms with Crippen molar-refractivity contribution in [1.82, 2.24) is 15.1 Å². The van der Waals surface area contributed by atoms with E-state index in [0.29, 0.717) is 12.6 Å². The minimum atomic E-state index is -0.367. The van der Waals surface area contributed by atoms with Crippen LogP contribution in [0.4, 0.5) is 4.39 Å². The van der Waals surface area contributed by atoms with Crippen LogP contribution in [0.25, 0.3) is 0 Å². The van der Waals surface area contributed by atoms with Crippen LogP contribution in [-0.2, 0) is 6.54 Å². The number of phenolic OH excluding ortho intramolecular Hbond substituents is 1. The van der Waals surface area contributed by atoms with Crippen molar-refractivity contribution in [2.24, 2.45) is 0 Å². The largest absolute Gasteiger partial charge is 0.508 e. The van der Waals surface area contributed by atoms with Gasteiger partial charge in [0.2, 0.25) is 0 Å². The highest BCUT2D eigenvalue weighted by atomic mass is 19.1. The Labute approximate surface area is 112 Å². The van der Waals surface area contributed by atoms with Gasteiger partial charge in [-0.1, -0.05) is 0 Å². The van der Waals surface area contributed by atoms with Crippen LogP contribution in [0.3, 0.4) is 0 Å². The first-order valence-corrected chi connectivity index (χ1v) is 6.86. The van der Waals surface area contributed by atoms with E-state index in [-0.39, 0.29) is 11.6 Å². The molecule has 0 aromatic heterocycles. The number of halogens is 1. The van der Waals surface area contributed by atoms with Gasteiger partial charge in [0, 0.05) is 57.9 Å². The van der Waals surface area contributed by atoms with Crippen LogP contribution in [0.15, 0.2) is 18.2 Å². The Hall–Kier alpha value is -1.17. The third-order valence-corrected chi connectivity index (χ3v) is 3.95. The fourth-order valence-electron chi connectivity index (χ4n) is 2.93. The molecule has 0 bridgehead atoms. The van der Waals surface area contributed by atoms with Gasteiger partial charge in [0.1, 0.15) is 11.6 Å². The second-order valence-electron chi connectivity index (χ2n) is 5.45. The zero-order valence-corrected chi connectivity index (χ0v) is 11.0. The number of piperazine rings is 1. The number of benzene rings is 1. The molecule has 2 saturated heterocycles. The molecule has 0 saturated carbocycles. The Kier molecular flexibility index (Phi) is 3.68. The lowest BCUT2D eigenvalue weighted by molar-refractivity contribution is 0.0222. The number of likely N-dealkylation sites (tertiary alicyclic amines) is 1. The van der Waals surface area contributed by atoms with Gasteiger partial charge in [-0.3, -0.25) is 9.80 Å². The van der Waals surface area contributed by atoms with Crippen LogP contribution < -0.4 is 5.32 Å². The van der Waals surface area contributed by atoms with E-state index in [1.54, 1.807) is 6.07 Å². The molecule has 4 nitrogen and oxygen atoms in total. The van der Waals surface area contributed by atoms with Crippen LogP contribution in [0.1, 0.15) is 5.56 Å². The molecule has 0 atom stereocenters. The minimum Gasteiger partial charge on any atom is -0.508 e. The average molecular weight is 265 g/mol. The summed E-state index contributed by atoms with van der Waals surface area (Å²) < 4.78 is 13.2. The summed E-state index contributed by atoms with van der Waals surface area (Å²) in [5.74, 6) is -0.358. The molecule has 3 rings (SSSR count). The van der Waals surface area contributed by atoms with E-state index in [1.165, 1.54) is 6.07 Å². The molecule has 2 N–H and O–H groups in total. The topological polar surface area (TPSA) is 38.7 Å². The van der Waals surface area contributed by atoms with E-state index >= 15 is 0 Å². The molecule has 2 heterocycles. The second-order valence-corrected chi connectivity index (χ2v) is 5.45. The summed E-state index contributed by atoms with van der Waals surface area (Å²) in [4.78, 5) is 4.82. The van der Waals surface area contributed by atoms with Gasteiger partial charge in [-0.05, 0) is 17.7 Å². The van der Waals surface area contributed by atoms with Gasteiger partial charge in [-0.25, -0.2) is 4.39 Å². The summed E-state index contributed by atoms with van der Waals surface area (Å²) in [6.45, 7) is 7.20. The highest BCUT2D eigenvalue weighted by molar-refractivity contribution is 5.28. The molecule has 2 fully saturated rings. The predicted octanol–water partition coefficient (Wildman–Crippen LogP) is 0.621. The molecule has 1 aromatic carbocycles. The number of phenols is 1. The first-order valence-electron chi connectivity index (χ1n) is 6.86. The highest BCUT2D eigenvalue weighted by Crippen LogP contribution is 2.21. The van der Waals surface area contributed by atoms with Crippen LogP contribution in [0, 0.1) is 5.82 Å². The highest BCUT2D eigenvalue weighted by Gasteiger charge is 2.32. The number of nitrogens with zero attached hydrogens (tertiary/aromatic N) is 2. The number of hydrogen-bond acceptors (Lipinski definition) is 4. The van der Waals surface area contributed by atoms with E-state index in [1.807, 2.05) is 0 Å². The van der Waals surface area contributed by atoms with Crippen molar-refractivity contribution in [2.75, 3.05) is 39.3 Å². The fraction of sp³-hybridized carbons (Fsp3) is 0.571. The number of nitrogens with one attached hydrogen (secondary N) is 1. The van der Waals surface area contributed by atoms with Gasteiger partial charge in [-0.15, -0.1) is 0 Å². The van der Waals surface area contributed by atoms with E-state index < -0.39 is 0 Å². The molecular weight excluding hydrogens is 245 g/mol. The Bertz CT molecular complexity index is 422. The molecular formula is C14H20FN3O. The maximum atomic E-state index is 13.2. The molecule has 0 aliphatic carbocycles. The predicted molar refractivity (Wildman–Crippen MR) is 71.6 cm³/mol. The minimum absolute atomic E-state index is 0.00850. The summed E-state index contributed by atoms with van der Waals surface area (Å²) in [6.07, 6.45) is 0. The van der Waals surface area contributed by atoms with E-state index in [9.17, 15) is 9.50 Å². The molecule has 0 radical (unpaired) electrons. The zero-order valence-electron chi connectivity index (χ0n) is 11.0. The first-order chi connectivity index (χ1) is 9.20. The summed E-state index contributed by atoms with van der Waals surface area (Å²) in [5, 5.41) is 12.7. The van der Waals surface area contributed by atoms with Gasteiger partial charge in [0.25, 0.3) is 0 Å². The summed E-state index contributed by atoms with van der Waals surface area (Å²) in [7, 11) is 0. The van der Waals surface area contributed by atoms with Crippen molar-refractivity contribution in [3.8, 4) is 5.75 Å². The van der Waals surface area contributed by atoms with Gasteiger partial charge in [-0.2, -0.15) is 0 Å². The summed E-state index contributed by atoms with van der Waals surface area (Å²) in [6, 6.07) is 4.92. The van der Waals surface area contributed by atoms with Crippen molar-refractivity contribution in [3.05, 3.63) is 29.6 Å². The van der Waals surface area contributed by atoms with Crippen molar-refractivity contribution in [1.29, 1.82) is 0 Å². The smallest absolute Gasteiger partial charge is 0.127 e. The zero-order chi connectivity index (χ0) is 13.2. The van der Waals surface area contributed by atoms with Gasteiger partial charge in [0.15, 0.2) is 0 Å². The third kappa shape index (κ3) is 3.05. The molecule has 104 valence electrons. The Balaban J connectivity index is 1.50.